The standard InChI is InChI=1S/H3O4P.Sm/c1-5(2,3)4;/h(H3,1,2,3,4);/p-3. The third-order valence-corrected chi connectivity index (χ3v) is 0. The van der Waals surface area contributed by atoms with Crippen LogP contribution in [0.2, 0.25) is 0 Å². The largest absolute Gasteiger partial charge is 0.822 e. The van der Waals surface area contributed by atoms with Gasteiger partial charge in [-0.1, -0.05) is 0 Å². The molecule has 0 aromatic heterocycles. The minimum atomic E-state index is -5.39. The number of phosphoric acid groups is 1. The van der Waals surface area contributed by atoms with Crippen LogP contribution in [0.25, 0.3) is 0 Å². The molecule has 0 rings (SSSR count). The molecule has 0 fully saturated rings. The Balaban J connectivity index is 0. The Morgan fingerprint density at radius 2 is 1.17 bits per heavy atom. The van der Waals surface area contributed by atoms with Crippen LogP contribution in [-0.4, -0.2) is 0 Å². The van der Waals surface area contributed by atoms with Gasteiger partial charge in [0.15, 0.2) is 0 Å². The van der Waals surface area contributed by atoms with Crippen molar-refractivity contribution in [2.45, 2.75) is 0 Å². The molecule has 0 radical (unpaired) electrons. The van der Waals surface area contributed by atoms with E-state index in [9.17, 15) is 0 Å². The van der Waals surface area contributed by atoms with Gasteiger partial charge in [0.1, 0.15) is 0 Å². The van der Waals surface area contributed by atoms with E-state index in [1.807, 2.05) is 0 Å². The van der Waals surface area contributed by atoms with Gasteiger partial charge in [-0.2, -0.15) is 7.82 Å². The van der Waals surface area contributed by atoms with Gasteiger partial charge < -0.3 is 19.2 Å². The normalized spacial score (nSPS) is 9.83. The van der Waals surface area contributed by atoms with Crippen LogP contribution >= 0.6 is 7.82 Å². The first kappa shape index (κ1) is 10.4. The van der Waals surface area contributed by atoms with Crippen LogP contribution in [0.3, 0.4) is 0 Å². The molecule has 0 bridgehead atoms. The summed E-state index contributed by atoms with van der Waals surface area (Å²) in [6.07, 6.45) is 0. The number of rotatable bonds is 0. The van der Waals surface area contributed by atoms with Crippen molar-refractivity contribution < 1.29 is 59.6 Å². The molecule has 0 unspecified atom stereocenters. The molecule has 0 atom stereocenters. The van der Waals surface area contributed by atoms with E-state index in [0.717, 1.165) is 0 Å². The molecular formula is O4PSm-3. The van der Waals surface area contributed by atoms with Crippen LogP contribution in [0.4, 0.5) is 0 Å². The summed E-state index contributed by atoms with van der Waals surface area (Å²) in [7, 11) is -5.39. The van der Waals surface area contributed by atoms with Crippen molar-refractivity contribution in [3.63, 3.8) is 0 Å². The molecule has 0 aromatic rings. The van der Waals surface area contributed by atoms with Crippen LogP contribution in [0.1, 0.15) is 0 Å². The first-order chi connectivity index (χ1) is 2.00. The Kier molecular flexibility index (Phi) is 6.00. The van der Waals surface area contributed by atoms with Gasteiger partial charge in [0.25, 0.3) is 0 Å². The fraction of sp³-hybridized carbons (Fsp3) is 0. The van der Waals surface area contributed by atoms with E-state index >= 15 is 0 Å². The second kappa shape index (κ2) is 3.45. The van der Waals surface area contributed by atoms with E-state index in [0.29, 0.717) is 0 Å². The van der Waals surface area contributed by atoms with Crippen molar-refractivity contribution >= 4 is 7.82 Å². The molecule has 0 aliphatic carbocycles. The van der Waals surface area contributed by atoms with Gasteiger partial charge in [0.2, 0.25) is 0 Å². The Morgan fingerprint density at radius 1 is 1.17 bits per heavy atom. The summed E-state index contributed by atoms with van der Waals surface area (Å²) < 4.78 is 8.55. The van der Waals surface area contributed by atoms with E-state index in [4.69, 9.17) is 19.2 Å². The van der Waals surface area contributed by atoms with Crippen LogP contribution in [0, 0.1) is 40.4 Å². The van der Waals surface area contributed by atoms with Gasteiger partial charge in [0, 0.05) is 40.4 Å². The summed E-state index contributed by atoms with van der Waals surface area (Å²) >= 11 is 0. The predicted molar refractivity (Wildman–Crippen MR) is 7.61 cm³/mol. The third-order valence-electron chi connectivity index (χ3n) is 0. The fourth-order valence-corrected chi connectivity index (χ4v) is 0. The summed E-state index contributed by atoms with van der Waals surface area (Å²) in [5.41, 5.74) is 0. The molecule has 0 aliphatic heterocycles. The molecule has 0 aliphatic rings. The molecule has 0 saturated carbocycles. The van der Waals surface area contributed by atoms with Gasteiger partial charge in [-0.3, -0.25) is 0 Å². The van der Waals surface area contributed by atoms with Crippen molar-refractivity contribution in [2.24, 2.45) is 0 Å². The molecule has 38 valence electrons. The molecule has 6 heavy (non-hydrogen) atoms. The van der Waals surface area contributed by atoms with Crippen LogP contribution in [0.15, 0.2) is 0 Å². The monoisotopic (exact) mass is 247 g/mol. The van der Waals surface area contributed by atoms with E-state index in [1.165, 1.54) is 0 Å². The Morgan fingerprint density at radius 3 is 1.17 bits per heavy atom. The second-order valence-corrected chi connectivity index (χ2v) is 1.34. The molecule has 0 spiro atoms. The van der Waals surface area contributed by atoms with Crippen molar-refractivity contribution in [1.82, 2.24) is 0 Å². The summed E-state index contributed by atoms with van der Waals surface area (Å²) in [6.45, 7) is 0. The molecular weight excluding hydrogens is 245 g/mol. The average Bonchev–Trinajstić information content (AvgIpc) is 0.722. The molecule has 0 N–H and O–H groups in total. The molecule has 0 saturated heterocycles. The number of hydrogen-bond acceptors (Lipinski definition) is 4. The van der Waals surface area contributed by atoms with Gasteiger partial charge >= 0.3 is 0 Å². The quantitative estimate of drug-likeness (QED) is 0.431. The molecule has 6 heteroatoms. The number of hydrogen-bond donors (Lipinski definition) is 0. The minimum Gasteiger partial charge on any atom is -0.822 e. The van der Waals surface area contributed by atoms with Crippen LogP contribution in [-0.2, 0) is 4.57 Å². The van der Waals surface area contributed by atoms with Crippen LogP contribution < -0.4 is 14.7 Å². The Labute approximate surface area is 66.9 Å². The predicted octanol–water partition coefficient (Wildman–Crippen LogP) is -2.82. The van der Waals surface area contributed by atoms with Gasteiger partial charge in [-0.25, -0.2) is 0 Å². The molecule has 4 nitrogen and oxygen atoms in total. The SMILES string of the molecule is O=P([O-])([O-])[O-].[Sm]. The third kappa shape index (κ3) is 51.4. The van der Waals surface area contributed by atoms with Gasteiger partial charge in [0.05, 0.1) is 0 Å². The van der Waals surface area contributed by atoms with E-state index in [-0.39, 0.29) is 40.4 Å². The summed E-state index contributed by atoms with van der Waals surface area (Å²) in [4.78, 5) is 25.6. The summed E-state index contributed by atoms with van der Waals surface area (Å²) in [5, 5.41) is 0. The Hall–Kier alpha value is 1.45. The van der Waals surface area contributed by atoms with Crippen molar-refractivity contribution in [2.75, 3.05) is 0 Å². The average molecular weight is 245 g/mol. The zero-order chi connectivity index (χ0) is 4.50. The Bertz CT molecular complexity index is 53.7. The smallest absolute Gasteiger partial charge is 0 e. The maximum Gasteiger partial charge on any atom is 0 e. The first-order valence-electron chi connectivity index (χ1n) is 0.730. The zero-order valence-corrected chi connectivity index (χ0v) is 6.00. The van der Waals surface area contributed by atoms with Gasteiger partial charge in [-0.15, -0.1) is 0 Å². The molecule has 0 amide bonds. The fourth-order valence-electron chi connectivity index (χ4n) is 0. The zero-order valence-electron chi connectivity index (χ0n) is 2.49. The van der Waals surface area contributed by atoms with Crippen molar-refractivity contribution in [1.29, 1.82) is 0 Å². The summed E-state index contributed by atoms with van der Waals surface area (Å²) in [5.74, 6) is 0. The van der Waals surface area contributed by atoms with E-state index < -0.39 is 7.82 Å². The summed E-state index contributed by atoms with van der Waals surface area (Å²) in [6, 6.07) is 0. The van der Waals surface area contributed by atoms with E-state index in [1.54, 1.807) is 0 Å². The topological polar surface area (TPSA) is 86.2 Å². The minimum absolute atomic E-state index is 0. The van der Waals surface area contributed by atoms with E-state index in [2.05, 4.69) is 0 Å². The van der Waals surface area contributed by atoms with Crippen molar-refractivity contribution in [3.05, 3.63) is 0 Å². The molecule has 0 aromatic carbocycles. The maximum absolute atomic E-state index is 8.55. The maximum atomic E-state index is 8.55. The second-order valence-electron chi connectivity index (χ2n) is 0.447. The first-order valence-corrected chi connectivity index (χ1v) is 2.19. The van der Waals surface area contributed by atoms with Crippen LogP contribution in [0.5, 0.6) is 0 Å². The van der Waals surface area contributed by atoms with Crippen molar-refractivity contribution in [3.8, 4) is 0 Å². The molecule has 0 heterocycles. The van der Waals surface area contributed by atoms with Gasteiger partial charge in [-0.05, 0) is 0 Å².